The van der Waals surface area contributed by atoms with Crippen molar-refractivity contribution in [1.82, 2.24) is 14.5 Å². The molecule has 10 rings (SSSR count). The fourth-order valence-electron chi connectivity index (χ4n) is 7.94. The number of hydrogen-bond donors (Lipinski definition) is 0. The van der Waals surface area contributed by atoms with Crippen molar-refractivity contribution < 1.29 is 0 Å². The van der Waals surface area contributed by atoms with Gasteiger partial charge in [-0.25, -0.2) is 9.97 Å². The highest BCUT2D eigenvalue weighted by Gasteiger charge is 2.38. The molecule has 0 bridgehead atoms. The van der Waals surface area contributed by atoms with Gasteiger partial charge < -0.3 is 0 Å². The standard InChI is InChI=1S/C43H29N3S/c1-43(2)33-19-9-6-15-27(33)29-23-24-30-28-16-7-10-20-36(28)46(41(30)40(29)43)42-44-34(26-13-4-3-5-14-26)25-35(45-42)31-18-12-22-38-39(31)32-17-8-11-21-37(32)47-38/h3-25H,1-2H3. The predicted molar refractivity (Wildman–Crippen MR) is 198 cm³/mol. The summed E-state index contributed by atoms with van der Waals surface area (Å²) in [5.41, 5.74) is 11.4. The quantitative estimate of drug-likeness (QED) is 0.197. The number of nitrogens with zero attached hydrogens (tertiary/aromatic N) is 3. The highest BCUT2D eigenvalue weighted by atomic mass is 32.1. The molecule has 47 heavy (non-hydrogen) atoms. The molecule has 9 aromatic rings. The van der Waals surface area contributed by atoms with E-state index in [4.69, 9.17) is 9.97 Å². The van der Waals surface area contributed by atoms with Gasteiger partial charge in [0.05, 0.1) is 22.4 Å². The molecule has 0 N–H and O–H groups in total. The van der Waals surface area contributed by atoms with Crippen LogP contribution in [0.25, 0.3) is 81.6 Å². The van der Waals surface area contributed by atoms with E-state index >= 15 is 0 Å². The van der Waals surface area contributed by atoms with Crippen molar-refractivity contribution >= 4 is 53.3 Å². The number of benzene rings is 6. The van der Waals surface area contributed by atoms with Crippen LogP contribution >= 0.6 is 11.3 Å². The topological polar surface area (TPSA) is 30.7 Å². The Morgan fingerprint density at radius 2 is 1.26 bits per heavy atom. The van der Waals surface area contributed by atoms with E-state index in [1.807, 2.05) is 11.3 Å². The minimum absolute atomic E-state index is 0.196. The Labute approximate surface area is 276 Å². The summed E-state index contributed by atoms with van der Waals surface area (Å²) in [4.78, 5) is 10.9. The third-order valence-electron chi connectivity index (χ3n) is 10.0. The normalized spacial score (nSPS) is 13.5. The van der Waals surface area contributed by atoms with E-state index in [1.54, 1.807) is 0 Å². The molecule has 0 spiro atoms. The molecule has 0 amide bonds. The number of hydrogen-bond acceptors (Lipinski definition) is 3. The monoisotopic (exact) mass is 619 g/mol. The molecular weight excluding hydrogens is 591 g/mol. The molecule has 1 aliphatic rings. The maximum Gasteiger partial charge on any atom is 0.235 e. The first-order valence-electron chi connectivity index (χ1n) is 16.1. The van der Waals surface area contributed by atoms with Crippen molar-refractivity contribution in [3.05, 3.63) is 151 Å². The molecule has 0 atom stereocenters. The van der Waals surface area contributed by atoms with Gasteiger partial charge in [0.2, 0.25) is 5.95 Å². The molecule has 6 aromatic carbocycles. The third kappa shape index (κ3) is 3.73. The Kier molecular flexibility index (Phi) is 5.50. The Bertz CT molecular complexity index is 2710. The van der Waals surface area contributed by atoms with Crippen LogP contribution in [0.2, 0.25) is 0 Å². The van der Waals surface area contributed by atoms with E-state index in [2.05, 4.69) is 158 Å². The van der Waals surface area contributed by atoms with E-state index in [0.29, 0.717) is 5.95 Å². The van der Waals surface area contributed by atoms with Crippen molar-refractivity contribution in [3.63, 3.8) is 0 Å². The summed E-state index contributed by atoms with van der Waals surface area (Å²) in [5.74, 6) is 0.684. The number of aromatic nitrogens is 3. The smallest absolute Gasteiger partial charge is 0.235 e. The summed E-state index contributed by atoms with van der Waals surface area (Å²) in [6.07, 6.45) is 0. The highest BCUT2D eigenvalue weighted by molar-refractivity contribution is 7.25. The van der Waals surface area contributed by atoms with E-state index in [0.717, 1.165) is 28.0 Å². The first kappa shape index (κ1) is 26.6. The Hall–Kier alpha value is -5.58. The van der Waals surface area contributed by atoms with Crippen LogP contribution in [0.3, 0.4) is 0 Å². The SMILES string of the molecule is CC1(C)c2ccccc2-c2ccc3c4ccccc4n(-c4nc(-c5ccccc5)cc(-c5cccc6sc7ccccc7c56)n4)c3c21. The third-order valence-corrected chi connectivity index (χ3v) is 11.2. The van der Waals surface area contributed by atoms with Crippen LogP contribution in [0, 0.1) is 0 Å². The molecule has 0 aliphatic heterocycles. The predicted octanol–water partition coefficient (Wildman–Crippen LogP) is 11.6. The van der Waals surface area contributed by atoms with E-state index in [-0.39, 0.29) is 5.41 Å². The molecule has 0 saturated carbocycles. The van der Waals surface area contributed by atoms with Gasteiger partial charge in [0.1, 0.15) is 0 Å². The van der Waals surface area contributed by atoms with Crippen LogP contribution in [0.5, 0.6) is 0 Å². The molecule has 3 aromatic heterocycles. The van der Waals surface area contributed by atoms with Crippen LogP contribution in [-0.2, 0) is 5.41 Å². The molecule has 4 heteroatoms. The minimum atomic E-state index is -0.196. The summed E-state index contributed by atoms with van der Waals surface area (Å²) >= 11 is 1.84. The van der Waals surface area contributed by atoms with Crippen LogP contribution in [-0.4, -0.2) is 14.5 Å². The van der Waals surface area contributed by atoms with Crippen molar-refractivity contribution in [2.45, 2.75) is 19.3 Å². The van der Waals surface area contributed by atoms with Gasteiger partial charge in [-0.15, -0.1) is 11.3 Å². The summed E-state index contributed by atoms with van der Waals surface area (Å²) in [6, 6.07) is 50.1. The molecule has 1 aliphatic carbocycles. The van der Waals surface area contributed by atoms with E-state index in [9.17, 15) is 0 Å². The Balaban J connectivity index is 1.34. The van der Waals surface area contributed by atoms with Crippen LogP contribution in [0.4, 0.5) is 0 Å². The summed E-state index contributed by atoms with van der Waals surface area (Å²) in [6.45, 7) is 4.71. The lowest BCUT2D eigenvalue weighted by molar-refractivity contribution is 0.663. The number of rotatable bonds is 3. The van der Waals surface area contributed by atoms with Gasteiger partial charge in [0, 0.05) is 47.5 Å². The second kappa shape index (κ2) is 9.71. The Morgan fingerprint density at radius 1 is 0.553 bits per heavy atom. The average Bonchev–Trinajstić information content (AvgIpc) is 3.74. The first-order valence-corrected chi connectivity index (χ1v) is 16.9. The van der Waals surface area contributed by atoms with Crippen LogP contribution in [0.15, 0.2) is 140 Å². The second-order valence-corrected chi connectivity index (χ2v) is 14.1. The number of thiophene rings is 1. The Morgan fingerprint density at radius 3 is 2.15 bits per heavy atom. The van der Waals surface area contributed by atoms with Gasteiger partial charge in [0.25, 0.3) is 0 Å². The summed E-state index contributed by atoms with van der Waals surface area (Å²) in [5, 5.41) is 4.94. The molecule has 3 heterocycles. The van der Waals surface area contributed by atoms with E-state index < -0.39 is 0 Å². The van der Waals surface area contributed by atoms with Gasteiger partial charge in [-0.05, 0) is 46.5 Å². The maximum atomic E-state index is 5.49. The molecule has 222 valence electrons. The zero-order valence-corrected chi connectivity index (χ0v) is 26.8. The number of fused-ring (bicyclic) bond motifs is 10. The van der Waals surface area contributed by atoms with Gasteiger partial charge in [-0.1, -0.05) is 129 Å². The molecule has 0 unspecified atom stereocenters. The fourth-order valence-corrected chi connectivity index (χ4v) is 9.07. The van der Waals surface area contributed by atoms with Gasteiger partial charge in [-0.2, -0.15) is 0 Å². The minimum Gasteiger partial charge on any atom is -0.278 e. The van der Waals surface area contributed by atoms with Gasteiger partial charge in [-0.3, -0.25) is 4.57 Å². The van der Waals surface area contributed by atoms with Gasteiger partial charge >= 0.3 is 0 Å². The molecule has 0 radical (unpaired) electrons. The molecule has 3 nitrogen and oxygen atoms in total. The zero-order chi connectivity index (χ0) is 31.3. The van der Waals surface area contributed by atoms with Crippen LogP contribution in [0.1, 0.15) is 25.0 Å². The van der Waals surface area contributed by atoms with Crippen molar-refractivity contribution in [3.8, 4) is 39.6 Å². The van der Waals surface area contributed by atoms with Crippen molar-refractivity contribution in [2.24, 2.45) is 0 Å². The lowest BCUT2D eigenvalue weighted by Crippen LogP contribution is -2.17. The van der Waals surface area contributed by atoms with E-state index in [1.165, 1.54) is 58.7 Å². The molecular formula is C43H29N3S. The first-order chi connectivity index (χ1) is 23.1. The van der Waals surface area contributed by atoms with Gasteiger partial charge in [0.15, 0.2) is 0 Å². The maximum absolute atomic E-state index is 5.49. The highest BCUT2D eigenvalue weighted by Crippen LogP contribution is 2.53. The zero-order valence-electron chi connectivity index (χ0n) is 26.0. The molecule has 0 saturated heterocycles. The lowest BCUT2D eigenvalue weighted by atomic mass is 9.81. The summed E-state index contributed by atoms with van der Waals surface area (Å²) < 4.78 is 4.88. The fraction of sp³-hybridized carbons (Fsp3) is 0.0698. The summed E-state index contributed by atoms with van der Waals surface area (Å²) in [7, 11) is 0. The number of para-hydroxylation sites is 1. The second-order valence-electron chi connectivity index (χ2n) is 13.0. The average molecular weight is 620 g/mol. The van der Waals surface area contributed by atoms with Crippen LogP contribution < -0.4 is 0 Å². The van der Waals surface area contributed by atoms with Crippen molar-refractivity contribution in [1.29, 1.82) is 0 Å². The lowest BCUT2D eigenvalue weighted by Gasteiger charge is -2.23. The molecule has 0 fully saturated rings. The van der Waals surface area contributed by atoms with Crippen molar-refractivity contribution in [2.75, 3.05) is 0 Å². The largest absolute Gasteiger partial charge is 0.278 e.